The molecular weight excluding hydrogens is 381 g/mol. The molecule has 0 saturated heterocycles. The van der Waals surface area contributed by atoms with Crippen LogP contribution in [0.5, 0.6) is 0 Å². The highest BCUT2D eigenvalue weighted by atomic mass is 19.4. The molecule has 0 aromatic heterocycles. The number of para-hydroxylation sites is 1. The van der Waals surface area contributed by atoms with Crippen LogP contribution in [-0.2, 0) is 6.18 Å². The quantitative estimate of drug-likeness (QED) is 0.608. The summed E-state index contributed by atoms with van der Waals surface area (Å²) in [5.41, 5.74) is 0.562. The molecule has 0 bridgehead atoms. The maximum absolute atomic E-state index is 13.1. The Kier molecular flexibility index (Phi) is 5.68. The monoisotopic (exact) mass is 398 g/mol. The first kappa shape index (κ1) is 20.1. The number of halogens is 3. The van der Waals surface area contributed by atoms with E-state index in [2.05, 4.69) is 10.6 Å². The van der Waals surface area contributed by atoms with E-state index in [1.807, 2.05) is 13.0 Å². The standard InChI is InChI=1S/C22H17F3N2O2/c1-14-6-4-9-17(12-14)26-20(28)15-7-5-8-16(13-15)21(29)27-19-11-3-2-10-18(19)22(23,24)25/h2-13H,1H3,(H,26,28)(H,27,29). The van der Waals surface area contributed by atoms with Crippen molar-refractivity contribution in [2.45, 2.75) is 13.1 Å². The molecule has 2 N–H and O–H groups in total. The van der Waals surface area contributed by atoms with Crippen LogP contribution in [0.1, 0.15) is 31.8 Å². The van der Waals surface area contributed by atoms with E-state index in [4.69, 9.17) is 0 Å². The normalized spacial score (nSPS) is 11.0. The van der Waals surface area contributed by atoms with E-state index in [9.17, 15) is 22.8 Å². The molecule has 0 saturated carbocycles. The molecule has 0 fully saturated rings. The highest BCUT2D eigenvalue weighted by Gasteiger charge is 2.33. The summed E-state index contributed by atoms with van der Waals surface area (Å²) in [6, 6.07) is 17.7. The summed E-state index contributed by atoms with van der Waals surface area (Å²) < 4.78 is 39.3. The molecule has 0 heterocycles. The van der Waals surface area contributed by atoms with Crippen molar-refractivity contribution < 1.29 is 22.8 Å². The second-order valence-electron chi connectivity index (χ2n) is 6.40. The van der Waals surface area contributed by atoms with Gasteiger partial charge < -0.3 is 10.6 Å². The van der Waals surface area contributed by atoms with Crippen LogP contribution in [0.4, 0.5) is 24.5 Å². The van der Waals surface area contributed by atoms with E-state index in [0.29, 0.717) is 5.69 Å². The van der Waals surface area contributed by atoms with E-state index in [1.54, 1.807) is 18.2 Å². The Hall–Kier alpha value is -3.61. The lowest BCUT2D eigenvalue weighted by Gasteiger charge is -2.14. The lowest BCUT2D eigenvalue weighted by Crippen LogP contribution is -2.18. The number of hydrogen-bond donors (Lipinski definition) is 2. The first-order valence-electron chi connectivity index (χ1n) is 8.70. The molecule has 148 valence electrons. The summed E-state index contributed by atoms with van der Waals surface area (Å²) in [7, 11) is 0. The first-order valence-corrected chi connectivity index (χ1v) is 8.70. The predicted molar refractivity (Wildman–Crippen MR) is 105 cm³/mol. The van der Waals surface area contributed by atoms with E-state index < -0.39 is 23.6 Å². The van der Waals surface area contributed by atoms with Crippen molar-refractivity contribution in [1.29, 1.82) is 0 Å². The lowest BCUT2D eigenvalue weighted by molar-refractivity contribution is -0.136. The van der Waals surface area contributed by atoms with Gasteiger partial charge in [-0.15, -0.1) is 0 Å². The average Bonchev–Trinajstić information content (AvgIpc) is 2.67. The summed E-state index contributed by atoms with van der Waals surface area (Å²) in [5, 5.41) is 4.99. The number of carbonyl (C=O) groups excluding carboxylic acids is 2. The fourth-order valence-electron chi connectivity index (χ4n) is 2.76. The van der Waals surface area contributed by atoms with Crippen LogP contribution in [0.2, 0.25) is 0 Å². The van der Waals surface area contributed by atoms with Crippen molar-refractivity contribution in [1.82, 2.24) is 0 Å². The molecule has 0 aliphatic carbocycles. The first-order chi connectivity index (χ1) is 13.7. The zero-order chi connectivity index (χ0) is 21.0. The number of carbonyl (C=O) groups is 2. The molecule has 29 heavy (non-hydrogen) atoms. The van der Waals surface area contributed by atoms with Gasteiger partial charge in [0, 0.05) is 16.8 Å². The van der Waals surface area contributed by atoms with Crippen LogP contribution in [0, 0.1) is 6.92 Å². The minimum absolute atomic E-state index is 0.0684. The second kappa shape index (κ2) is 8.18. The van der Waals surface area contributed by atoms with Gasteiger partial charge in [0.2, 0.25) is 0 Å². The fraction of sp³-hybridized carbons (Fsp3) is 0.0909. The Balaban J connectivity index is 1.79. The summed E-state index contributed by atoms with van der Waals surface area (Å²) >= 11 is 0. The third-order valence-electron chi connectivity index (χ3n) is 4.14. The van der Waals surface area contributed by atoms with Gasteiger partial charge in [0.05, 0.1) is 11.3 Å². The molecule has 0 unspecified atom stereocenters. The Bertz CT molecular complexity index is 1060. The molecule has 0 aliphatic heterocycles. The van der Waals surface area contributed by atoms with Crippen LogP contribution < -0.4 is 10.6 Å². The molecule has 0 aliphatic rings. The number of amides is 2. The SMILES string of the molecule is Cc1cccc(NC(=O)c2cccc(C(=O)Nc3ccccc3C(F)(F)F)c2)c1. The van der Waals surface area contributed by atoms with Gasteiger partial charge in [0.15, 0.2) is 0 Å². The number of aryl methyl sites for hydroxylation is 1. The number of rotatable bonds is 4. The fourth-order valence-corrected chi connectivity index (χ4v) is 2.76. The molecule has 7 heteroatoms. The topological polar surface area (TPSA) is 58.2 Å². The zero-order valence-electron chi connectivity index (χ0n) is 15.4. The van der Waals surface area contributed by atoms with Gasteiger partial charge in [-0.05, 0) is 55.0 Å². The highest BCUT2D eigenvalue weighted by molar-refractivity contribution is 6.09. The molecule has 3 rings (SSSR count). The lowest BCUT2D eigenvalue weighted by atomic mass is 10.1. The molecule has 2 amide bonds. The predicted octanol–water partition coefficient (Wildman–Crippen LogP) is 5.52. The van der Waals surface area contributed by atoms with Gasteiger partial charge in [-0.25, -0.2) is 0 Å². The minimum atomic E-state index is -4.60. The molecule has 4 nitrogen and oxygen atoms in total. The van der Waals surface area contributed by atoms with Crippen LogP contribution in [-0.4, -0.2) is 11.8 Å². The Morgan fingerprint density at radius 1 is 0.759 bits per heavy atom. The van der Waals surface area contributed by atoms with Gasteiger partial charge in [0.25, 0.3) is 11.8 Å². The second-order valence-corrected chi connectivity index (χ2v) is 6.40. The molecule has 3 aromatic rings. The maximum Gasteiger partial charge on any atom is 0.418 e. The highest BCUT2D eigenvalue weighted by Crippen LogP contribution is 2.34. The van der Waals surface area contributed by atoms with Crippen molar-refractivity contribution in [2.75, 3.05) is 10.6 Å². The summed E-state index contributed by atoms with van der Waals surface area (Å²) in [4.78, 5) is 24.9. The number of alkyl halides is 3. The van der Waals surface area contributed by atoms with Crippen LogP contribution in [0.25, 0.3) is 0 Å². The smallest absolute Gasteiger partial charge is 0.322 e. The molecule has 0 atom stereocenters. The Morgan fingerprint density at radius 2 is 1.38 bits per heavy atom. The van der Waals surface area contributed by atoms with Crippen LogP contribution >= 0.6 is 0 Å². The maximum atomic E-state index is 13.1. The van der Waals surface area contributed by atoms with Crippen molar-refractivity contribution in [3.63, 3.8) is 0 Å². The van der Waals surface area contributed by atoms with Crippen molar-refractivity contribution >= 4 is 23.2 Å². The van der Waals surface area contributed by atoms with Crippen molar-refractivity contribution in [2.24, 2.45) is 0 Å². The number of benzene rings is 3. The van der Waals surface area contributed by atoms with Gasteiger partial charge >= 0.3 is 6.18 Å². The molecule has 0 radical (unpaired) electrons. The zero-order valence-corrected chi connectivity index (χ0v) is 15.4. The summed E-state index contributed by atoms with van der Waals surface area (Å²) in [5.74, 6) is -1.17. The van der Waals surface area contributed by atoms with Gasteiger partial charge in [-0.1, -0.05) is 30.3 Å². The van der Waals surface area contributed by atoms with Gasteiger partial charge in [-0.3, -0.25) is 9.59 Å². The molecular formula is C22H17F3N2O2. The van der Waals surface area contributed by atoms with Crippen LogP contribution in [0.15, 0.2) is 72.8 Å². The Morgan fingerprint density at radius 3 is 2.03 bits per heavy atom. The van der Waals surface area contributed by atoms with E-state index in [-0.39, 0.29) is 16.8 Å². The van der Waals surface area contributed by atoms with Gasteiger partial charge in [-0.2, -0.15) is 13.2 Å². The summed E-state index contributed by atoms with van der Waals surface area (Å²) in [6.45, 7) is 1.89. The van der Waals surface area contributed by atoms with Crippen molar-refractivity contribution in [3.8, 4) is 0 Å². The molecule has 3 aromatic carbocycles. The van der Waals surface area contributed by atoms with Crippen molar-refractivity contribution in [3.05, 3.63) is 95.1 Å². The van der Waals surface area contributed by atoms with E-state index in [1.165, 1.54) is 42.5 Å². The Labute approximate surface area is 165 Å². The average molecular weight is 398 g/mol. The number of nitrogens with one attached hydrogen (secondary N) is 2. The number of hydrogen-bond acceptors (Lipinski definition) is 2. The third-order valence-corrected chi connectivity index (χ3v) is 4.14. The largest absolute Gasteiger partial charge is 0.418 e. The van der Waals surface area contributed by atoms with E-state index >= 15 is 0 Å². The number of anilines is 2. The van der Waals surface area contributed by atoms with Crippen LogP contribution in [0.3, 0.4) is 0 Å². The third kappa shape index (κ3) is 5.01. The summed E-state index contributed by atoms with van der Waals surface area (Å²) in [6.07, 6.45) is -4.60. The van der Waals surface area contributed by atoms with Gasteiger partial charge in [0.1, 0.15) is 0 Å². The minimum Gasteiger partial charge on any atom is -0.322 e. The molecule has 0 spiro atoms. The van der Waals surface area contributed by atoms with E-state index in [0.717, 1.165) is 11.6 Å².